The summed E-state index contributed by atoms with van der Waals surface area (Å²) in [7, 11) is 4.04. The summed E-state index contributed by atoms with van der Waals surface area (Å²) in [6.07, 6.45) is 1.67. The summed E-state index contributed by atoms with van der Waals surface area (Å²) in [5.41, 5.74) is 7.79. The van der Waals surface area contributed by atoms with E-state index in [2.05, 4.69) is 4.98 Å². The number of hydrogen-bond donors (Lipinski definition) is 2. The highest BCUT2D eigenvalue weighted by Crippen LogP contribution is 2.43. The number of aromatic nitrogens is 2. The number of hydrogen-bond acceptors (Lipinski definition) is 9. The van der Waals surface area contributed by atoms with Crippen LogP contribution in [-0.2, 0) is 11.3 Å². The highest BCUT2D eigenvalue weighted by atomic mass is 16.5. The number of nitrogen functional groups attached to an aromatic ring is 1. The Bertz CT molecular complexity index is 1770. The number of phenols is 1. The predicted octanol–water partition coefficient (Wildman–Crippen LogP) is 4.72. The van der Waals surface area contributed by atoms with E-state index in [4.69, 9.17) is 24.7 Å². The number of nitrogens with two attached hydrogens (primary N) is 1. The summed E-state index contributed by atoms with van der Waals surface area (Å²) < 4.78 is 23.2. The van der Waals surface area contributed by atoms with E-state index in [-0.39, 0.29) is 34.9 Å². The van der Waals surface area contributed by atoms with Crippen LogP contribution in [0, 0.1) is 0 Å². The Balaban J connectivity index is 1.84. The normalized spacial score (nSPS) is 10.8. The van der Waals surface area contributed by atoms with Gasteiger partial charge in [0.2, 0.25) is 5.75 Å². The largest absolute Gasteiger partial charge is 0.502 e. The molecule has 0 saturated carbocycles. The van der Waals surface area contributed by atoms with Gasteiger partial charge in [-0.3, -0.25) is 14.3 Å². The van der Waals surface area contributed by atoms with Crippen molar-refractivity contribution in [1.29, 1.82) is 0 Å². The number of carbonyl (C=O) groups is 1. The van der Waals surface area contributed by atoms with Gasteiger partial charge in [0.1, 0.15) is 18.1 Å². The first kappa shape index (κ1) is 27.1. The van der Waals surface area contributed by atoms with Crippen LogP contribution in [0.5, 0.6) is 23.0 Å². The molecule has 10 heteroatoms. The van der Waals surface area contributed by atoms with Crippen LogP contribution in [0.4, 0.5) is 5.69 Å². The van der Waals surface area contributed by atoms with E-state index in [1.807, 2.05) is 18.2 Å². The van der Waals surface area contributed by atoms with Crippen molar-refractivity contribution < 1.29 is 28.8 Å². The predicted molar refractivity (Wildman–Crippen MR) is 154 cm³/mol. The van der Waals surface area contributed by atoms with Crippen LogP contribution in [0.25, 0.3) is 27.6 Å². The third kappa shape index (κ3) is 5.10. The number of aromatic hydroxyl groups is 1. The van der Waals surface area contributed by atoms with Gasteiger partial charge in [0.15, 0.2) is 11.5 Å². The van der Waals surface area contributed by atoms with Gasteiger partial charge in [-0.25, -0.2) is 4.79 Å². The molecule has 0 atom stereocenters. The molecule has 0 bridgehead atoms. The third-order valence-electron chi connectivity index (χ3n) is 6.57. The molecule has 5 aromatic rings. The van der Waals surface area contributed by atoms with Crippen LogP contribution in [0.15, 0.2) is 83.8 Å². The van der Waals surface area contributed by atoms with Crippen molar-refractivity contribution in [1.82, 2.24) is 9.55 Å². The van der Waals surface area contributed by atoms with Gasteiger partial charge >= 0.3 is 5.97 Å². The van der Waals surface area contributed by atoms with Gasteiger partial charge in [0.05, 0.1) is 32.4 Å². The van der Waals surface area contributed by atoms with E-state index in [0.29, 0.717) is 33.6 Å². The molecule has 208 valence electrons. The lowest BCUT2D eigenvalue weighted by Crippen LogP contribution is -2.27. The number of rotatable bonds is 8. The lowest BCUT2D eigenvalue weighted by Gasteiger charge is -2.20. The van der Waals surface area contributed by atoms with E-state index < -0.39 is 11.5 Å². The molecule has 0 aliphatic carbocycles. The van der Waals surface area contributed by atoms with Crippen molar-refractivity contribution in [3.63, 3.8) is 0 Å². The number of esters is 1. The number of benzene rings is 3. The Kier molecular flexibility index (Phi) is 7.47. The first-order valence-corrected chi connectivity index (χ1v) is 12.5. The molecule has 0 radical (unpaired) electrons. The molecule has 0 aliphatic heterocycles. The molecule has 0 saturated heterocycles. The van der Waals surface area contributed by atoms with Gasteiger partial charge < -0.3 is 29.8 Å². The lowest BCUT2D eigenvalue weighted by atomic mass is 9.95. The second-order valence-corrected chi connectivity index (χ2v) is 8.99. The lowest BCUT2D eigenvalue weighted by molar-refractivity contribution is 0.0591. The molecule has 5 rings (SSSR count). The van der Waals surface area contributed by atoms with Crippen LogP contribution in [0.2, 0.25) is 0 Å². The van der Waals surface area contributed by atoms with Crippen LogP contribution >= 0.6 is 0 Å². The Hall–Kier alpha value is -5.51. The molecule has 0 aliphatic rings. The van der Waals surface area contributed by atoms with Gasteiger partial charge in [0.25, 0.3) is 5.56 Å². The minimum atomic E-state index is -0.752. The molecule has 2 aromatic heterocycles. The fraction of sp³-hybridized carbons (Fsp3) is 0.129. The van der Waals surface area contributed by atoms with Gasteiger partial charge in [-0.1, -0.05) is 6.07 Å². The minimum Gasteiger partial charge on any atom is -0.502 e. The number of ether oxygens (including phenoxy) is 4. The second kappa shape index (κ2) is 11.3. The number of fused-ring (bicyclic) bond motifs is 1. The quantitative estimate of drug-likeness (QED) is 0.207. The number of pyridine rings is 2. The molecular formula is C31H27N3O7. The Labute approximate surface area is 235 Å². The maximum atomic E-state index is 14.1. The summed E-state index contributed by atoms with van der Waals surface area (Å²) in [4.78, 5) is 31.8. The number of carbonyl (C=O) groups excluding carboxylic acids is 1. The van der Waals surface area contributed by atoms with Gasteiger partial charge in [-0.05, 0) is 77.7 Å². The highest BCUT2D eigenvalue weighted by Gasteiger charge is 2.27. The average Bonchev–Trinajstić information content (AvgIpc) is 3.01. The fourth-order valence-corrected chi connectivity index (χ4v) is 4.60. The SMILES string of the molecule is COC(=O)c1c(-c2cc(OC)c(O)c(OC)c2)c2ccc(OCc3ccccn3)cc2c(=O)n1-c1ccc(N)cc1. The van der Waals surface area contributed by atoms with Crippen LogP contribution in [-0.4, -0.2) is 42.0 Å². The number of anilines is 1. The summed E-state index contributed by atoms with van der Waals surface area (Å²) in [5, 5.41) is 11.3. The van der Waals surface area contributed by atoms with E-state index in [1.54, 1.807) is 60.8 Å². The number of methoxy groups -OCH3 is 3. The molecule has 0 unspecified atom stereocenters. The zero-order valence-corrected chi connectivity index (χ0v) is 22.6. The average molecular weight is 554 g/mol. The fourth-order valence-electron chi connectivity index (χ4n) is 4.60. The van der Waals surface area contributed by atoms with Gasteiger partial charge in [0, 0.05) is 23.1 Å². The molecule has 0 fully saturated rings. The van der Waals surface area contributed by atoms with Gasteiger partial charge in [-0.2, -0.15) is 0 Å². The first-order chi connectivity index (χ1) is 19.9. The molecule has 0 amide bonds. The summed E-state index contributed by atoms with van der Waals surface area (Å²) in [5.74, 6) is -0.300. The Morgan fingerprint density at radius 1 is 0.927 bits per heavy atom. The summed E-state index contributed by atoms with van der Waals surface area (Å²) >= 11 is 0. The van der Waals surface area contributed by atoms with Crippen LogP contribution in [0.3, 0.4) is 0 Å². The van der Waals surface area contributed by atoms with Crippen molar-refractivity contribution >= 4 is 22.4 Å². The topological polar surface area (TPSA) is 135 Å². The van der Waals surface area contributed by atoms with Crippen LogP contribution < -0.4 is 25.5 Å². The van der Waals surface area contributed by atoms with E-state index >= 15 is 0 Å². The molecule has 3 aromatic carbocycles. The Morgan fingerprint density at radius 2 is 1.63 bits per heavy atom. The third-order valence-corrected chi connectivity index (χ3v) is 6.57. The van der Waals surface area contributed by atoms with E-state index in [9.17, 15) is 14.7 Å². The van der Waals surface area contributed by atoms with E-state index in [0.717, 1.165) is 5.69 Å². The molecule has 0 spiro atoms. The highest BCUT2D eigenvalue weighted by molar-refractivity contribution is 6.07. The summed E-state index contributed by atoms with van der Waals surface area (Å²) in [6, 6.07) is 20.2. The first-order valence-electron chi connectivity index (χ1n) is 12.5. The van der Waals surface area contributed by atoms with Crippen molar-refractivity contribution in [3.05, 3.63) is 101 Å². The second-order valence-electron chi connectivity index (χ2n) is 8.99. The Morgan fingerprint density at radius 3 is 2.24 bits per heavy atom. The molecule has 41 heavy (non-hydrogen) atoms. The molecule has 10 nitrogen and oxygen atoms in total. The molecular weight excluding hydrogens is 526 g/mol. The maximum absolute atomic E-state index is 14.1. The minimum absolute atomic E-state index is 0.0354. The van der Waals surface area contributed by atoms with E-state index in [1.165, 1.54) is 25.9 Å². The smallest absolute Gasteiger partial charge is 0.355 e. The van der Waals surface area contributed by atoms with Crippen molar-refractivity contribution in [2.75, 3.05) is 27.1 Å². The van der Waals surface area contributed by atoms with Crippen molar-refractivity contribution in [2.24, 2.45) is 0 Å². The van der Waals surface area contributed by atoms with Crippen molar-refractivity contribution in [2.45, 2.75) is 6.61 Å². The molecule has 3 N–H and O–H groups in total. The van der Waals surface area contributed by atoms with Crippen molar-refractivity contribution in [3.8, 4) is 39.8 Å². The molecule has 2 heterocycles. The van der Waals surface area contributed by atoms with Gasteiger partial charge in [-0.15, -0.1) is 0 Å². The number of nitrogens with zero attached hydrogens (tertiary/aromatic N) is 2. The zero-order chi connectivity index (χ0) is 29.1. The zero-order valence-electron chi connectivity index (χ0n) is 22.6. The number of phenolic OH excluding ortho intramolecular Hbond substituents is 1. The summed E-state index contributed by atoms with van der Waals surface area (Å²) in [6.45, 7) is 0.192. The maximum Gasteiger partial charge on any atom is 0.355 e. The monoisotopic (exact) mass is 553 g/mol. The standard InChI is InChI=1S/C31H27N3O7/c1-38-25-14-18(15-26(39-2)29(25)35)27-23-12-11-22(41-17-20-6-4-5-13-33-20)16-24(23)30(36)34(28(27)31(37)40-3)21-9-7-19(32)8-10-21/h4-16,35H,17,32H2,1-3H3. The van der Waals surface area contributed by atoms with Crippen LogP contribution in [0.1, 0.15) is 16.2 Å².